The molecule has 0 heterocycles. The molecule has 4 heteroatoms. The molecule has 3 saturated carbocycles. The average molecular weight is 387 g/mol. The van der Waals surface area contributed by atoms with Gasteiger partial charge < -0.3 is 4.74 Å². The molecule has 0 aliphatic heterocycles. The summed E-state index contributed by atoms with van der Waals surface area (Å²) in [5, 5.41) is 0. The molecule has 4 unspecified atom stereocenters. The number of Topliss-reactive ketones (excluding diaryl/α,β-unsaturated/α-hetero) is 1. The largest absolute Gasteiger partial charge is 0.461 e. The monoisotopic (exact) mass is 386 g/mol. The van der Waals surface area contributed by atoms with E-state index in [0.29, 0.717) is 24.7 Å². The van der Waals surface area contributed by atoms with Gasteiger partial charge in [-0.25, -0.2) is 0 Å². The number of allylic oxidation sites excluding steroid dienone is 1. The molecule has 28 heavy (non-hydrogen) atoms. The Bertz CT molecular complexity index is 757. The Morgan fingerprint density at radius 2 is 1.79 bits per heavy atom. The van der Waals surface area contributed by atoms with Crippen molar-refractivity contribution in [1.82, 2.24) is 0 Å². The van der Waals surface area contributed by atoms with E-state index in [1.807, 2.05) is 26.8 Å². The van der Waals surface area contributed by atoms with E-state index in [-0.39, 0.29) is 40.4 Å². The van der Waals surface area contributed by atoms with Crippen molar-refractivity contribution < 1.29 is 19.1 Å². The third kappa shape index (κ3) is 2.81. The van der Waals surface area contributed by atoms with E-state index in [9.17, 15) is 14.4 Å². The maximum atomic E-state index is 13.0. The first-order valence-electron chi connectivity index (χ1n) is 10.9. The van der Waals surface area contributed by atoms with Gasteiger partial charge in [-0.1, -0.05) is 19.4 Å². The predicted molar refractivity (Wildman–Crippen MR) is 106 cm³/mol. The second kappa shape index (κ2) is 6.27. The molecule has 0 saturated heterocycles. The molecule has 6 atom stereocenters. The Kier molecular flexibility index (Phi) is 4.45. The minimum Gasteiger partial charge on any atom is -0.461 e. The minimum atomic E-state index is -0.561. The van der Waals surface area contributed by atoms with Crippen molar-refractivity contribution in [1.29, 1.82) is 0 Å². The zero-order chi connectivity index (χ0) is 20.5. The van der Waals surface area contributed by atoms with Crippen LogP contribution >= 0.6 is 0 Å². The van der Waals surface area contributed by atoms with Crippen molar-refractivity contribution >= 4 is 17.5 Å². The zero-order valence-electron chi connectivity index (χ0n) is 18.0. The van der Waals surface area contributed by atoms with Crippen LogP contribution in [0.15, 0.2) is 11.6 Å². The molecule has 0 bridgehead atoms. The van der Waals surface area contributed by atoms with E-state index in [1.165, 1.54) is 5.57 Å². The summed E-state index contributed by atoms with van der Waals surface area (Å²) in [5.41, 5.74) is 0.448. The summed E-state index contributed by atoms with van der Waals surface area (Å²) in [6.45, 7) is 10.0. The van der Waals surface area contributed by atoms with Crippen molar-refractivity contribution in [3.05, 3.63) is 11.6 Å². The van der Waals surface area contributed by atoms with Crippen LogP contribution in [0.3, 0.4) is 0 Å². The summed E-state index contributed by atoms with van der Waals surface area (Å²) in [6.07, 6.45) is 7.37. The van der Waals surface area contributed by atoms with Gasteiger partial charge >= 0.3 is 5.97 Å². The van der Waals surface area contributed by atoms with Crippen molar-refractivity contribution in [2.45, 2.75) is 85.7 Å². The molecule has 0 amide bonds. The van der Waals surface area contributed by atoms with Crippen molar-refractivity contribution in [2.24, 2.45) is 34.0 Å². The summed E-state index contributed by atoms with van der Waals surface area (Å²) in [4.78, 5) is 37.6. The highest BCUT2D eigenvalue weighted by Gasteiger charge is 2.63. The van der Waals surface area contributed by atoms with Crippen LogP contribution in [0.2, 0.25) is 0 Å². The second-order valence-electron chi connectivity index (χ2n) is 11.2. The quantitative estimate of drug-likeness (QED) is 0.615. The Morgan fingerprint density at radius 3 is 2.46 bits per heavy atom. The van der Waals surface area contributed by atoms with Gasteiger partial charge in [-0.3, -0.25) is 14.4 Å². The van der Waals surface area contributed by atoms with E-state index < -0.39 is 5.41 Å². The molecule has 0 aromatic heterocycles. The molecule has 0 N–H and O–H groups in total. The van der Waals surface area contributed by atoms with E-state index in [4.69, 9.17) is 4.74 Å². The van der Waals surface area contributed by atoms with Crippen molar-refractivity contribution in [3.63, 3.8) is 0 Å². The summed E-state index contributed by atoms with van der Waals surface area (Å²) in [7, 11) is 0. The lowest BCUT2D eigenvalue weighted by atomic mass is 9.47. The zero-order valence-corrected chi connectivity index (χ0v) is 18.0. The lowest BCUT2D eigenvalue weighted by Gasteiger charge is -2.57. The van der Waals surface area contributed by atoms with Gasteiger partial charge in [-0.2, -0.15) is 0 Å². The van der Waals surface area contributed by atoms with Gasteiger partial charge in [-0.15, -0.1) is 0 Å². The standard InChI is InChI=1S/C24H34O4/c1-22(2,3)21(27)28-18-13-19(26)24(5)11-9-17-16(20(18)24)7-6-14-12-15(25)8-10-23(14,17)4/h12,16-18,20H,6-11,13H2,1-5H3/t16?,17?,18?,20?,23-,24+/m0/s1. The van der Waals surface area contributed by atoms with Crippen LogP contribution in [0.1, 0.15) is 79.6 Å². The summed E-state index contributed by atoms with van der Waals surface area (Å²) in [6, 6.07) is 0. The molecular formula is C24H34O4. The number of ether oxygens (including phenoxy) is 1. The van der Waals surface area contributed by atoms with Gasteiger partial charge in [0, 0.05) is 24.2 Å². The predicted octanol–water partition coefficient (Wildman–Crippen LogP) is 4.66. The molecule has 0 spiro atoms. The lowest BCUT2D eigenvalue weighted by molar-refractivity contribution is -0.167. The Labute approximate surface area is 168 Å². The normalized spacial score (nSPS) is 43.0. The highest BCUT2D eigenvalue weighted by atomic mass is 16.5. The molecule has 4 nitrogen and oxygen atoms in total. The first-order valence-corrected chi connectivity index (χ1v) is 10.9. The van der Waals surface area contributed by atoms with E-state index in [0.717, 1.165) is 32.1 Å². The summed E-state index contributed by atoms with van der Waals surface area (Å²) in [5.74, 6) is 1.30. The molecule has 4 aliphatic rings. The second-order valence-corrected chi connectivity index (χ2v) is 11.2. The minimum absolute atomic E-state index is 0.0579. The SMILES string of the molecule is CC(C)(C)C(=O)OC1CC(=O)[C@@]2(C)CCC3C(CCC4=CC(=O)CC[C@@]43C)C12. The number of ketones is 2. The number of hydrogen-bond acceptors (Lipinski definition) is 4. The van der Waals surface area contributed by atoms with E-state index in [2.05, 4.69) is 13.8 Å². The maximum absolute atomic E-state index is 13.0. The molecule has 4 aliphatic carbocycles. The third-order valence-electron chi connectivity index (χ3n) is 8.51. The number of rotatable bonds is 1. The van der Waals surface area contributed by atoms with Crippen LogP contribution in [0.4, 0.5) is 0 Å². The van der Waals surface area contributed by atoms with Crippen LogP contribution < -0.4 is 0 Å². The van der Waals surface area contributed by atoms with E-state index >= 15 is 0 Å². The van der Waals surface area contributed by atoms with Gasteiger partial charge in [0.25, 0.3) is 0 Å². The first-order chi connectivity index (χ1) is 13.0. The Morgan fingerprint density at radius 1 is 1.07 bits per heavy atom. The fourth-order valence-electron chi connectivity index (χ4n) is 6.79. The highest BCUT2D eigenvalue weighted by molar-refractivity contribution is 5.92. The fraction of sp³-hybridized carbons (Fsp3) is 0.792. The Balaban J connectivity index is 1.67. The van der Waals surface area contributed by atoms with Crippen LogP contribution in [-0.4, -0.2) is 23.6 Å². The number of hydrogen-bond donors (Lipinski definition) is 0. The summed E-state index contributed by atoms with van der Waals surface area (Å²) < 4.78 is 5.99. The number of fused-ring (bicyclic) bond motifs is 5. The molecule has 4 rings (SSSR count). The van der Waals surface area contributed by atoms with Gasteiger partial charge in [0.1, 0.15) is 11.9 Å². The van der Waals surface area contributed by atoms with Crippen LogP contribution in [0.5, 0.6) is 0 Å². The molecule has 154 valence electrons. The number of carbonyl (C=O) groups excluding carboxylic acids is 3. The van der Waals surface area contributed by atoms with Crippen LogP contribution in [0, 0.1) is 34.0 Å². The molecular weight excluding hydrogens is 352 g/mol. The van der Waals surface area contributed by atoms with Crippen molar-refractivity contribution in [3.8, 4) is 0 Å². The van der Waals surface area contributed by atoms with Gasteiger partial charge in [-0.05, 0) is 76.2 Å². The molecule has 0 aromatic rings. The molecule has 0 radical (unpaired) electrons. The van der Waals surface area contributed by atoms with Crippen LogP contribution in [0.25, 0.3) is 0 Å². The number of carbonyl (C=O) groups is 3. The lowest BCUT2D eigenvalue weighted by Crippen LogP contribution is -2.53. The summed E-state index contributed by atoms with van der Waals surface area (Å²) >= 11 is 0. The number of esters is 1. The van der Waals surface area contributed by atoms with Gasteiger partial charge in [0.05, 0.1) is 5.41 Å². The van der Waals surface area contributed by atoms with E-state index in [1.54, 1.807) is 0 Å². The topological polar surface area (TPSA) is 60.4 Å². The van der Waals surface area contributed by atoms with Crippen LogP contribution in [-0.2, 0) is 19.1 Å². The average Bonchev–Trinajstić information content (AvgIpc) is 2.85. The molecule has 3 fully saturated rings. The maximum Gasteiger partial charge on any atom is 0.311 e. The third-order valence-corrected chi connectivity index (χ3v) is 8.51. The fourth-order valence-corrected chi connectivity index (χ4v) is 6.79. The highest BCUT2D eigenvalue weighted by Crippen LogP contribution is 2.64. The van der Waals surface area contributed by atoms with Gasteiger partial charge in [0.15, 0.2) is 5.78 Å². The smallest absolute Gasteiger partial charge is 0.311 e. The first kappa shape index (κ1) is 19.8. The molecule has 0 aromatic carbocycles. The Hall–Kier alpha value is -1.45. The van der Waals surface area contributed by atoms with Gasteiger partial charge in [0.2, 0.25) is 0 Å². The van der Waals surface area contributed by atoms with Crippen molar-refractivity contribution in [2.75, 3.05) is 0 Å².